The molecule has 0 fully saturated rings. The number of anilines is 2. The third-order valence-electron chi connectivity index (χ3n) is 4.70. The molecule has 0 aliphatic rings. The Morgan fingerprint density at radius 2 is 2.06 bits per heavy atom. The molecule has 0 bridgehead atoms. The van der Waals surface area contributed by atoms with E-state index < -0.39 is 18.8 Å². The fraction of sp³-hybridized carbons (Fsp3) is 0.250. The SMILES string of the molecule is Cc1ccc(-c2cc3nc(N)nc(NCCOC(=O)C(F)(F)F)c3c3ccn(C)c23)s1. The van der Waals surface area contributed by atoms with E-state index in [1.165, 1.54) is 4.88 Å². The number of esters is 1. The van der Waals surface area contributed by atoms with Crippen LogP contribution < -0.4 is 11.1 Å². The first-order valence-corrected chi connectivity index (χ1v) is 10.1. The van der Waals surface area contributed by atoms with Gasteiger partial charge in [-0.1, -0.05) is 0 Å². The number of aromatic nitrogens is 3. The Balaban J connectivity index is 1.74. The molecule has 1 aromatic carbocycles. The van der Waals surface area contributed by atoms with Crippen molar-refractivity contribution in [3.8, 4) is 10.4 Å². The van der Waals surface area contributed by atoms with Crippen molar-refractivity contribution in [1.82, 2.24) is 14.5 Å². The van der Waals surface area contributed by atoms with Gasteiger partial charge in [-0.3, -0.25) is 0 Å². The van der Waals surface area contributed by atoms with Crippen LogP contribution in [-0.4, -0.2) is 39.8 Å². The van der Waals surface area contributed by atoms with Crippen molar-refractivity contribution in [3.63, 3.8) is 0 Å². The third-order valence-corrected chi connectivity index (χ3v) is 5.73. The molecule has 4 rings (SSSR count). The summed E-state index contributed by atoms with van der Waals surface area (Å²) in [5, 5.41) is 4.47. The Kier molecular flexibility index (Phi) is 5.21. The number of rotatable bonds is 5. The molecule has 0 unspecified atom stereocenters. The normalized spacial score (nSPS) is 11.9. The van der Waals surface area contributed by atoms with Crippen molar-refractivity contribution in [2.75, 3.05) is 24.2 Å². The summed E-state index contributed by atoms with van der Waals surface area (Å²) in [4.78, 5) is 21.7. The average Bonchev–Trinajstić information content (AvgIpc) is 3.29. The molecular weight excluding hydrogens is 431 g/mol. The number of ether oxygens (including phenoxy) is 1. The molecular formula is C20H18F3N5O2S. The minimum Gasteiger partial charge on any atom is -0.457 e. The van der Waals surface area contributed by atoms with E-state index in [1.807, 2.05) is 49.0 Å². The lowest BCUT2D eigenvalue weighted by atomic mass is 10.0. The summed E-state index contributed by atoms with van der Waals surface area (Å²) in [7, 11) is 1.93. The number of hydrogen-bond donors (Lipinski definition) is 2. The molecule has 0 aliphatic heterocycles. The van der Waals surface area contributed by atoms with E-state index in [1.54, 1.807) is 11.3 Å². The summed E-state index contributed by atoms with van der Waals surface area (Å²) >= 11 is 1.66. The highest BCUT2D eigenvalue weighted by Crippen LogP contribution is 2.39. The summed E-state index contributed by atoms with van der Waals surface area (Å²) in [6, 6.07) is 7.95. The lowest BCUT2D eigenvalue weighted by Gasteiger charge is -2.13. The molecule has 0 atom stereocenters. The Hall–Kier alpha value is -3.34. The third kappa shape index (κ3) is 4.00. The van der Waals surface area contributed by atoms with Crippen molar-refractivity contribution in [3.05, 3.63) is 35.3 Å². The summed E-state index contributed by atoms with van der Waals surface area (Å²) < 4.78 is 43.1. The van der Waals surface area contributed by atoms with Crippen molar-refractivity contribution in [2.24, 2.45) is 7.05 Å². The van der Waals surface area contributed by atoms with Gasteiger partial charge >= 0.3 is 12.1 Å². The maximum absolute atomic E-state index is 12.3. The van der Waals surface area contributed by atoms with E-state index in [4.69, 9.17) is 5.73 Å². The first-order chi connectivity index (χ1) is 14.6. The summed E-state index contributed by atoms with van der Waals surface area (Å²) in [6.07, 6.45) is -3.11. The van der Waals surface area contributed by atoms with Crippen LogP contribution in [-0.2, 0) is 16.6 Å². The van der Waals surface area contributed by atoms with Gasteiger partial charge in [-0.05, 0) is 31.2 Å². The van der Waals surface area contributed by atoms with Gasteiger partial charge < -0.3 is 20.4 Å². The second-order valence-electron chi connectivity index (χ2n) is 6.91. The molecule has 0 radical (unpaired) electrons. The van der Waals surface area contributed by atoms with Crippen LogP contribution in [0.15, 0.2) is 30.5 Å². The molecule has 162 valence electrons. The number of hydrogen-bond acceptors (Lipinski definition) is 7. The molecule has 3 N–H and O–H groups in total. The standard InChI is InChI=1S/C20H18F3N5O2S/c1-10-3-4-14(31-10)12-9-13-15(11-5-7-28(2)16(11)12)17(27-19(24)26-13)25-6-8-30-18(29)20(21,22)23/h3-5,7,9H,6,8H2,1-2H3,(H3,24,25,26,27). The second kappa shape index (κ2) is 7.73. The largest absolute Gasteiger partial charge is 0.490 e. The van der Waals surface area contributed by atoms with Crippen LogP contribution >= 0.6 is 11.3 Å². The van der Waals surface area contributed by atoms with E-state index in [0.717, 1.165) is 21.3 Å². The lowest BCUT2D eigenvalue weighted by Crippen LogP contribution is -2.27. The number of fused-ring (bicyclic) bond motifs is 3. The van der Waals surface area contributed by atoms with Gasteiger partial charge in [-0.25, -0.2) is 9.78 Å². The maximum atomic E-state index is 12.3. The first kappa shape index (κ1) is 20.9. The summed E-state index contributed by atoms with van der Waals surface area (Å²) in [5.41, 5.74) is 8.44. The number of nitrogens with one attached hydrogen (secondary N) is 1. The molecule has 7 nitrogen and oxygen atoms in total. The summed E-state index contributed by atoms with van der Waals surface area (Å²) in [6.45, 7) is 1.48. The molecule has 3 heterocycles. The van der Waals surface area contributed by atoms with Gasteiger partial charge in [-0.2, -0.15) is 18.2 Å². The molecule has 0 saturated carbocycles. The van der Waals surface area contributed by atoms with Crippen LogP contribution in [0.25, 0.3) is 32.2 Å². The smallest absolute Gasteiger partial charge is 0.457 e. The van der Waals surface area contributed by atoms with Crippen LogP contribution in [0.4, 0.5) is 24.9 Å². The van der Waals surface area contributed by atoms with Crippen LogP contribution in [0.5, 0.6) is 0 Å². The monoisotopic (exact) mass is 449 g/mol. The van der Waals surface area contributed by atoms with E-state index >= 15 is 0 Å². The molecule has 0 spiro atoms. The van der Waals surface area contributed by atoms with Gasteiger partial charge in [0.2, 0.25) is 5.95 Å². The molecule has 31 heavy (non-hydrogen) atoms. The average molecular weight is 449 g/mol. The van der Waals surface area contributed by atoms with E-state index in [9.17, 15) is 18.0 Å². The number of nitrogens with zero attached hydrogens (tertiary/aromatic N) is 3. The van der Waals surface area contributed by atoms with E-state index in [2.05, 4.69) is 20.0 Å². The van der Waals surface area contributed by atoms with Crippen LogP contribution in [0.1, 0.15) is 4.88 Å². The number of alkyl halides is 3. The van der Waals surface area contributed by atoms with Crippen LogP contribution in [0.2, 0.25) is 0 Å². The molecule has 4 aromatic rings. The summed E-state index contributed by atoms with van der Waals surface area (Å²) in [5.74, 6) is -1.86. The van der Waals surface area contributed by atoms with Gasteiger partial charge in [0.15, 0.2) is 0 Å². The molecule has 0 aliphatic carbocycles. The lowest BCUT2D eigenvalue weighted by molar-refractivity contribution is -0.199. The predicted octanol–water partition coefficient (Wildman–Crippen LogP) is 4.26. The van der Waals surface area contributed by atoms with Crippen molar-refractivity contribution >= 4 is 50.9 Å². The second-order valence-corrected chi connectivity index (χ2v) is 8.20. The zero-order chi connectivity index (χ0) is 22.3. The number of thiophene rings is 1. The fourth-order valence-corrected chi connectivity index (χ4v) is 4.31. The first-order valence-electron chi connectivity index (χ1n) is 9.25. The highest BCUT2D eigenvalue weighted by atomic mass is 32.1. The van der Waals surface area contributed by atoms with E-state index in [-0.39, 0.29) is 12.5 Å². The Labute approximate surface area is 178 Å². The van der Waals surface area contributed by atoms with Gasteiger partial charge in [0.25, 0.3) is 0 Å². The Bertz CT molecular complexity index is 1300. The topological polar surface area (TPSA) is 95.1 Å². The Morgan fingerprint density at radius 1 is 1.29 bits per heavy atom. The zero-order valence-corrected chi connectivity index (χ0v) is 17.4. The maximum Gasteiger partial charge on any atom is 0.490 e. The number of benzene rings is 1. The molecule has 0 saturated heterocycles. The predicted molar refractivity (Wildman–Crippen MR) is 114 cm³/mol. The van der Waals surface area contributed by atoms with Gasteiger partial charge in [-0.15, -0.1) is 11.3 Å². The van der Waals surface area contributed by atoms with Crippen molar-refractivity contribution in [2.45, 2.75) is 13.1 Å². The number of nitrogens with two attached hydrogens (primary N) is 1. The van der Waals surface area contributed by atoms with E-state index in [0.29, 0.717) is 16.7 Å². The number of nitrogen functional groups attached to an aromatic ring is 1. The number of carbonyl (C=O) groups excluding carboxylic acids is 1. The minimum absolute atomic E-state index is 0.0193. The number of halogens is 3. The minimum atomic E-state index is -5.03. The Morgan fingerprint density at radius 3 is 2.74 bits per heavy atom. The highest BCUT2D eigenvalue weighted by molar-refractivity contribution is 7.15. The fourth-order valence-electron chi connectivity index (χ4n) is 3.43. The number of carbonyl (C=O) groups is 1. The van der Waals surface area contributed by atoms with Crippen LogP contribution in [0, 0.1) is 6.92 Å². The number of aryl methyl sites for hydroxylation is 2. The van der Waals surface area contributed by atoms with Gasteiger partial charge in [0.1, 0.15) is 12.4 Å². The van der Waals surface area contributed by atoms with Crippen LogP contribution in [0.3, 0.4) is 0 Å². The molecule has 0 amide bonds. The van der Waals surface area contributed by atoms with Crippen molar-refractivity contribution in [1.29, 1.82) is 0 Å². The molecule has 3 aromatic heterocycles. The highest BCUT2D eigenvalue weighted by Gasteiger charge is 2.40. The van der Waals surface area contributed by atoms with Crippen molar-refractivity contribution < 1.29 is 22.7 Å². The zero-order valence-electron chi connectivity index (χ0n) is 16.6. The van der Waals surface area contributed by atoms with Gasteiger partial charge in [0, 0.05) is 33.9 Å². The van der Waals surface area contributed by atoms with Gasteiger partial charge in [0.05, 0.1) is 23.0 Å². The molecule has 11 heteroatoms. The quantitative estimate of drug-likeness (QED) is 0.349.